The molecule has 1 aromatic rings. The molecule has 0 aliphatic carbocycles. The molecule has 2 unspecified atom stereocenters. The van der Waals surface area contributed by atoms with Gasteiger partial charge in [-0.2, -0.15) is 0 Å². The van der Waals surface area contributed by atoms with Crippen LogP contribution in [0.15, 0.2) is 18.7 Å². The van der Waals surface area contributed by atoms with E-state index in [1.165, 1.54) is 12.8 Å². The van der Waals surface area contributed by atoms with Crippen molar-refractivity contribution in [3.63, 3.8) is 0 Å². The highest BCUT2D eigenvalue weighted by molar-refractivity contribution is 4.68. The fraction of sp³-hybridized carbons (Fsp3) is 0.769. The van der Waals surface area contributed by atoms with Gasteiger partial charge in [-0.05, 0) is 24.7 Å². The molecule has 1 aromatic heterocycles. The topological polar surface area (TPSA) is 8.81 Å². The zero-order valence-electron chi connectivity index (χ0n) is 10.6. The second-order valence-electron chi connectivity index (χ2n) is 4.83. The minimum atomic E-state index is 0.773. The summed E-state index contributed by atoms with van der Waals surface area (Å²) in [7, 11) is 0. The van der Waals surface area contributed by atoms with Crippen LogP contribution >= 0.6 is 0 Å². The molecule has 0 saturated heterocycles. The molecule has 0 N–H and O–H groups in total. The van der Waals surface area contributed by atoms with E-state index in [1.807, 2.05) is 0 Å². The van der Waals surface area contributed by atoms with Gasteiger partial charge in [-0.25, -0.2) is 9.13 Å². The van der Waals surface area contributed by atoms with Gasteiger partial charge >= 0.3 is 0 Å². The van der Waals surface area contributed by atoms with Gasteiger partial charge in [0, 0.05) is 0 Å². The van der Waals surface area contributed by atoms with Crippen molar-refractivity contribution in [2.45, 2.75) is 53.6 Å². The number of nitrogens with zero attached hydrogens (tertiary/aromatic N) is 2. The normalized spacial score (nSPS) is 15.2. The van der Waals surface area contributed by atoms with E-state index >= 15 is 0 Å². The summed E-state index contributed by atoms with van der Waals surface area (Å²) in [6.45, 7) is 11.4. The van der Waals surface area contributed by atoms with Crippen molar-refractivity contribution in [1.29, 1.82) is 0 Å². The molecule has 0 fully saturated rings. The molecule has 1 heterocycles. The lowest BCUT2D eigenvalue weighted by atomic mass is 10.1. The zero-order chi connectivity index (χ0) is 11.3. The van der Waals surface area contributed by atoms with Crippen molar-refractivity contribution in [3.05, 3.63) is 18.7 Å². The van der Waals surface area contributed by atoms with Gasteiger partial charge in [0.1, 0.15) is 12.4 Å². The Bertz CT molecular complexity index is 251. The third-order valence-corrected chi connectivity index (χ3v) is 3.19. The van der Waals surface area contributed by atoms with Crippen molar-refractivity contribution in [1.82, 2.24) is 4.57 Å². The van der Waals surface area contributed by atoms with E-state index in [4.69, 9.17) is 0 Å². The molecule has 0 aromatic carbocycles. The zero-order valence-corrected chi connectivity index (χ0v) is 10.6. The molecular formula is C13H25N2+. The molecule has 15 heavy (non-hydrogen) atoms. The monoisotopic (exact) mass is 209 g/mol. The molecule has 86 valence electrons. The lowest BCUT2D eigenvalue weighted by molar-refractivity contribution is -0.702. The van der Waals surface area contributed by atoms with Gasteiger partial charge in [-0.3, -0.25) is 0 Å². The lowest BCUT2D eigenvalue weighted by Crippen LogP contribution is -2.34. The molecule has 0 spiro atoms. The Morgan fingerprint density at radius 2 is 1.80 bits per heavy atom. The fourth-order valence-corrected chi connectivity index (χ4v) is 1.63. The molecule has 0 aliphatic heterocycles. The molecule has 0 amide bonds. The van der Waals surface area contributed by atoms with E-state index in [-0.39, 0.29) is 0 Å². The maximum absolute atomic E-state index is 2.30. The Balaban J connectivity index is 2.49. The molecule has 2 atom stereocenters. The highest BCUT2D eigenvalue weighted by atomic mass is 15.1. The van der Waals surface area contributed by atoms with Gasteiger partial charge in [-0.15, -0.1) is 0 Å². The minimum Gasteiger partial charge on any atom is -0.237 e. The number of hydrogen-bond donors (Lipinski definition) is 0. The second-order valence-corrected chi connectivity index (χ2v) is 4.83. The largest absolute Gasteiger partial charge is 0.243 e. The van der Waals surface area contributed by atoms with Crippen molar-refractivity contribution in [3.8, 4) is 0 Å². The first-order chi connectivity index (χ1) is 7.15. The van der Waals surface area contributed by atoms with Crippen LogP contribution in [0.4, 0.5) is 0 Å². The molecule has 0 aliphatic rings. The predicted molar refractivity (Wildman–Crippen MR) is 63.5 cm³/mol. The summed E-state index contributed by atoms with van der Waals surface area (Å²) in [6, 6.07) is 0. The van der Waals surface area contributed by atoms with Gasteiger partial charge in [0.05, 0.1) is 13.1 Å². The first kappa shape index (κ1) is 12.3. The molecule has 0 bridgehead atoms. The van der Waals surface area contributed by atoms with E-state index in [2.05, 4.69) is 55.6 Å². The molecule has 0 saturated carbocycles. The summed E-state index contributed by atoms with van der Waals surface area (Å²) >= 11 is 0. The van der Waals surface area contributed by atoms with Gasteiger partial charge in [0.2, 0.25) is 6.33 Å². The first-order valence-corrected chi connectivity index (χ1v) is 6.20. The van der Waals surface area contributed by atoms with Crippen LogP contribution in [0.25, 0.3) is 0 Å². The molecule has 1 rings (SSSR count). The Kier molecular flexibility index (Phi) is 4.86. The van der Waals surface area contributed by atoms with Crippen LogP contribution in [0.2, 0.25) is 0 Å². The molecular weight excluding hydrogens is 184 g/mol. The van der Waals surface area contributed by atoms with Gasteiger partial charge in [0.25, 0.3) is 0 Å². The number of rotatable bonds is 6. The van der Waals surface area contributed by atoms with Crippen LogP contribution in [-0.4, -0.2) is 4.57 Å². The Labute approximate surface area is 93.9 Å². The number of imidazole rings is 1. The Morgan fingerprint density at radius 3 is 2.40 bits per heavy atom. The SMILES string of the molecule is CCC(C)Cn1cc[n+](CC(C)CC)c1. The highest BCUT2D eigenvalue weighted by Crippen LogP contribution is 2.04. The molecule has 2 nitrogen and oxygen atoms in total. The summed E-state index contributed by atoms with van der Waals surface area (Å²) in [6.07, 6.45) is 9.12. The third-order valence-electron chi connectivity index (χ3n) is 3.19. The fourth-order valence-electron chi connectivity index (χ4n) is 1.63. The van der Waals surface area contributed by atoms with Gasteiger partial charge < -0.3 is 0 Å². The number of hydrogen-bond acceptors (Lipinski definition) is 0. The van der Waals surface area contributed by atoms with Crippen molar-refractivity contribution >= 4 is 0 Å². The highest BCUT2D eigenvalue weighted by Gasteiger charge is 2.09. The summed E-state index contributed by atoms with van der Waals surface area (Å²) in [5.41, 5.74) is 0. The summed E-state index contributed by atoms with van der Waals surface area (Å²) < 4.78 is 4.60. The van der Waals surface area contributed by atoms with Crippen LogP contribution < -0.4 is 4.57 Å². The van der Waals surface area contributed by atoms with Crippen molar-refractivity contribution < 1.29 is 4.57 Å². The van der Waals surface area contributed by atoms with E-state index < -0.39 is 0 Å². The average molecular weight is 209 g/mol. The van der Waals surface area contributed by atoms with Gasteiger partial charge in [0.15, 0.2) is 0 Å². The van der Waals surface area contributed by atoms with Crippen LogP contribution in [-0.2, 0) is 13.1 Å². The van der Waals surface area contributed by atoms with E-state index in [0.29, 0.717) is 0 Å². The summed E-state index contributed by atoms with van der Waals surface area (Å²) in [5, 5.41) is 0. The second kappa shape index (κ2) is 5.94. The third kappa shape index (κ3) is 4.06. The van der Waals surface area contributed by atoms with Crippen LogP contribution in [0, 0.1) is 11.8 Å². The van der Waals surface area contributed by atoms with Crippen LogP contribution in [0.3, 0.4) is 0 Å². The Hall–Kier alpha value is -0.790. The quantitative estimate of drug-likeness (QED) is 0.637. The number of aromatic nitrogens is 2. The van der Waals surface area contributed by atoms with Gasteiger partial charge in [-0.1, -0.05) is 27.7 Å². The molecule has 0 radical (unpaired) electrons. The summed E-state index contributed by atoms with van der Waals surface area (Å²) in [4.78, 5) is 0. The maximum atomic E-state index is 2.30. The average Bonchev–Trinajstić information content (AvgIpc) is 2.65. The maximum Gasteiger partial charge on any atom is 0.243 e. The van der Waals surface area contributed by atoms with Crippen molar-refractivity contribution in [2.24, 2.45) is 11.8 Å². The van der Waals surface area contributed by atoms with E-state index in [0.717, 1.165) is 24.9 Å². The van der Waals surface area contributed by atoms with E-state index in [1.54, 1.807) is 0 Å². The van der Waals surface area contributed by atoms with Crippen molar-refractivity contribution in [2.75, 3.05) is 0 Å². The van der Waals surface area contributed by atoms with E-state index in [9.17, 15) is 0 Å². The molecule has 2 heteroatoms. The minimum absolute atomic E-state index is 0.773. The first-order valence-electron chi connectivity index (χ1n) is 6.20. The smallest absolute Gasteiger partial charge is 0.237 e. The summed E-state index contributed by atoms with van der Waals surface area (Å²) in [5.74, 6) is 1.55. The Morgan fingerprint density at radius 1 is 1.13 bits per heavy atom. The standard InChI is InChI=1S/C13H25N2/c1-5-12(3)9-14-7-8-15(11-14)10-13(4)6-2/h7-8,11-13H,5-6,9-10H2,1-4H3/q+1. The lowest BCUT2D eigenvalue weighted by Gasteiger charge is -2.05. The predicted octanol–water partition coefficient (Wildman–Crippen LogP) is 2.87. The van der Waals surface area contributed by atoms with Crippen LogP contribution in [0.5, 0.6) is 0 Å². The van der Waals surface area contributed by atoms with Crippen LogP contribution in [0.1, 0.15) is 40.5 Å².